The van der Waals surface area contributed by atoms with Crippen molar-refractivity contribution < 1.29 is 23.0 Å². The van der Waals surface area contributed by atoms with E-state index < -0.39 is 12.6 Å². The molecule has 0 saturated carbocycles. The normalized spacial score (nSPS) is 13.8. The minimum atomic E-state index is -2.95. The van der Waals surface area contributed by atoms with E-state index in [1.54, 1.807) is 12.1 Å². The molecule has 0 amide bonds. The average Bonchev–Trinajstić information content (AvgIpc) is 2.99. The molecule has 2 aromatic rings. The first-order chi connectivity index (χ1) is 14.4. The Kier molecular flexibility index (Phi) is 7.60. The lowest BCUT2D eigenvalue weighted by Gasteiger charge is -2.15. The van der Waals surface area contributed by atoms with Gasteiger partial charge < -0.3 is 20.1 Å². The summed E-state index contributed by atoms with van der Waals surface area (Å²) in [5.41, 5.74) is 2.71. The lowest BCUT2D eigenvalue weighted by Crippen LogP contribution is -2.21. The van der Waals surface area contributed by atoms with Crippen LogP contribution in [0.4, 0.5) is 19.5 Å². The number of carbonyl (C=O) groups is 1. The molecular formula is C21H24F2N2O3S2. The number of anilines is 2. The molecule has 0 fully saturated rings. The third-order valence-electron chi connectivity index (χ3n) is 4.89. The van der Waals surface area contributed by atoms with Crippen LogP contribution in [0.15, 0.2) is 18.2 Å². The van der Waals surface area contributed by atoms with Crippen molar-refractivity contribution in [3.05, 3.63) is 39.8 Å². The van der Waals surface area contributed by atoms with Gasteiger partial charge in [-0.25, -0.2) is 4.79 Å². The third kappa shape index (κ3) is 5.46. The molecule has 30 heavy (non-hydrogen) atoms. The number of methoxy groups -OCH3 is 1. The number of thiocarbonyl (C=S) groups is 1. The Bertz CT molecular complexity index is 931. The van der Waals surface area contributed by atoms with Gasteiger partial charge in [-0.3, -0.25) is 0 Å². The Balaban J connectivity index is 1.86. The molecule has 0 spiro atoms. The van der Waals surface area contributed by atoms with Gasteiger partial charge >= 0.3 is 12.6 Å². The number of alkyl halides is 2. The highest BCUT2D eigenvalue weighted by Crippen LogP contribution is 2.38. The largest absolute Gasteiger partial charge is 0.465 e. The van der Waals surface area contributed by atoms with Gasteiger partial charge in [-0.2, -0.15) is 8.78 Å². The topological polar surface area (TPSA) is 59.6 Å². The van der Waals surface area contributed by atoms with E-state index in [1.807, 2.05) is 6.92 Å². The first-order valence-corrected chi connectivity index (χ1v) is 11.0. The first-order valence-electron chi connectivity index (χ1n) is 9.75. The Labute approximate surface area is 183 Å². The molecule has 0 saturated heterocycles. The van der Waals surface area contributed by atoms with E-state index in [2.05, 4.69) is 15.4 Å². The molecular weight excluding hydrogens is 430 g/mol. The summed E-state index contributed by atoms with van der Waals surface area (Å²) in [7, 11) is 1.36. The minimum Gasteiger partial charge on any atom is -0.465 e. The van der Waals surface area contributed by atoms with Crippen molar-refractivity contribution in [3.8, 4) is 5.75 Å². The summed E-state index contributed by atoms with van der Waals surface area (Å²) >= 11 is 6.89. The van der Waals surface area contributed by atoms with Gasteiger partial charge in [0.25, 0.3) is 0 Å². The number of rotatable bonds is 5. The second kappa shape index (κ2) is 10.2. The maximum Gasteiger partial charge on any atom is 0.387 e. The number of thiophene rings is 1. The van der Waals surface area contributed by atoms with Crippen LogP contribution in [-0.2, 0) is 17.6 Å². The number of ether oxygens (including phenoxy) is 2. The Hall–Kier alpha value is -2.26. The number of hydrogen-bond acceptors (Lipinski definition) is 5. The second-order valence-corrected chi connectivity index (χ2v) is 8.58. The smallest absolute Gasteiger partial charge is 0.387 e. The number of hydrogen-bond donors (Lipinski definition) is 2. The fraction of sp³-hybridized carbons (Fsp3) is 0.429. The molecule has 0 aliphatic heterocycles. The summed E-state index contributed by atoms with van der Waals surface area (Å²) in [5, 5.41) is 6.76. The van der Waals surface area contributed by atoms with Crippen LogP contribution < -0.4 is 15.4 Å². The molecule has 1 heterocycles. The van der Waals surface area contributed by atoms with Crippen molar-refractivity contribution in [2.75, 3.05) is 17.7 Å². The molecule has 0 unspecified atom stereocenters. The van der Waals surface area contributed by atoms with Crippen molar-refractivity contribution in [3.63, 3.8) is 0 Å². The van der Waals surface area contributed by atoms with Gasteiger partial charge in [0, 0.05) is 4.88 Å². The van der Waals surface area contributed by atoms with Gasteiger partial charge in [-0.15, -0.1) is 11.3 Å². The zero-order valence-electron chi connectivity index (χ0n) is 16.8. The summed E-state index contributed by atoms with van der Waals surface area (Å²) in [4.78, 5) is 13.7. The van der Waals surface area contributed by atoms with E-state index in [-0.39, 0.29) is 10.9 Å². The van der Waals surface area contributed by atoms with Gasteiger partial charge in [0.05, 0.1) is 18.4 Å². The fourth-order valence-corrected chi connectivity index (χ4v) is 5.08. The highest BCUT2D eigenvalue weighted by atomic mass is 32.1. The summed E-state index contributed by atoms with van der Waals surface area (Å²) in [6, 6.07) is 4.80. The van der Waals surface area contributed by atoms with Crippen molar-refractivity contribution in [1.29, 1.82) is 0 Å². The van der Waals surface area contributed by atoms with Crippen LogP contribution in [0, 0.1) is 6.92 Å². The van der Waals surface area contributed by atoms with E-state index >= 15 is 0 Å². The fourth-order valence-electron chi connectivity index (χ4n) is 3.52. The molecule has 162 valence electrons. The van der Waals surface area contributed by atoms with Gasteiger partial charge in [-0.1, -0.05) is 18.9 Å². The van der Waals surface area contributed by atoms with E-state index in [1.165, 1.54) is 30.9 Å². The van der Waals surface area contributed by atoms with Crippen LogP contribution in [-0.4, -0.2) is 24.8 Å². The van der Waals surface area contributed by atoms with Gasteiger partial charge in [0.15, 0.2) is 5.11 Å². The monoisotopic (exact) mass is 454 g/mol. The number of halogens is 2. The summed E-state index contributed by atoms with van der Waals surface area (Å²) < 4.78 is 35.0. The molecule has 1 aliphatic rings. The van der Waals surface area contributed by atoms with Crippen LogP contribution in [0.2, 0.25) is 0 Å². The summed E-state index contributed by atoms with van der Waals surface area (Å²) in [5.74, 6) is -0.415. The van der Waals surface area contributed by atoms with Crippen LogP contribution in [0.1, 0.15) is 52.0 Å². The molecule has 1 aromatic carbocycles. The van der Waals surface area contributed by atoms with Crippen molar-refractivity contribution >= 4 is 45.3 Å². The van der Waals surface area contributed by atoms with Crippen LogP contribution in [0.5, 0.6) is 5.75 Å². The second-order valence-electron chi connectivity index (χ2n) is 7.07. The quantitative estimate of drug-likeness (QED) is 0.433. The van der Waals surface area contributed by atoms with Crippen molar-refractivity contribution in [2.45, 2.75) is 52.1 Å². The number of nitrogens with one attached hydrogen (secondary N) is 2. The van der Waals surface area contributed by atoms with Crippen molar-refractivity contribution in [1.82, 2.24) is 0 Å². The average molecular weight is 455 g/mol. The number of carbonyl (C=O) groups excluding carboxylic acids is 1. The predicted octanol–water partition coefficient (Wildman–Crippen LogP) is 5.91. The summed E-state index contributed by atoms with van der Waals surface area (Å²) in [6.45, 7) is -1.11. The predicted molar refractivity (Wildman–Crippen MR) is 119 cm³/mol. The first kappa shape index (κ1) is 22.4. The molecule has 0 bridgehead atoms. The SMILES string of the molecule is COC(=O)c1c(NC(=S)Nc2cc(C)ccc2OC(F)F)sc2c1CCCCCC2. The number of esters is 1. The Morgan fingerprint density at radius 1 is 1.17 bits per heavy atom. The molecule has 9 heteroatoms. The Morgan fingerprint density at radius 3 is 2.60 bits per heavy atom. The molecule has 1 aromatic heterocycles. The molecule has 3 rings (SSSR count). The van der Waals surface area contributed by atoms with E-state index in [0.717, 1.165) is 48.1 Å². The van der Waals surface area contributed by atoms with Crippen LogP contribution in [0.25, 0.3) is 0 Å². The standard InChI is InChI=1S/C21H24F2N2O3S2/c1-12-9-10-15(28-20(22)23)14(11-12)24-21(29)25-18-17(19(26)27-2)13-7-5-3-4-6-8-16(13)30-18/h9-11,20H,3-8H2,1-2H3,(H2,24,25,29). The van der Waals surface area contributed by atoms with Gasteiger partial charge in [0.1, 0.15) is 10.8 Å². The van der Waals surface area contributed by atoms with E-state index in [0.29, 0.717) is 16.3 Å². The van der Waals surface area contributed by atoms with E-state index in [9.17, 15) is 13.6 Å². The molecule has 2 N–H and O–H groups in total. The maximum atomic E-state index is 12.7. The zero-order chi connectivity index (χ0) is 21.7. The lowest BCUT2D eigenvalue weighted by atomic mass is 9.96. The third-order valence-corrected chi connectivity index (χ3v) is 6.30. The van der Waals surface area contributed by atoms with Crippen molar-refractivity contribution in [2.24, 2.45) is 0 Å². The number of aryl methyl sites for hydroxylation is 2. The Morgan fingerprint density at radius 2 is 1.90 bits per heavy atom. The lowest BCUT2D eigenvalue weighted by molar-refractivity contribution is -0.0493. The number of fused-ring (bicyclic) bond motifs is 1. The van der Waals surface area contributed by atoms with Gasteiger partial charge in [-0.05, 0) is 68.1 Å². The highest BCUT2D eigenvalue weighted by Gasteiger charge is 2.25. The molecule has 0 radical (unpaired) electrons. The number of benzene rings is 1. The maximum absolute atomic E-state index is 12.7. The van der Waals surface area contributed by atoms with Crippen LogP contribution in [0.3, 0.4) is 0 Å². The summed E-state index contributed by atoms with van der Waals surface area (Å²) in [6.07, 6.45) is 6.15. The van der Waals surface area contributed by atoms with Crippen LogP contribution >= 0.6 is 23.6 Å². The van der Waals surface area contributed by atoms with Gasteiger partial charge in [0.2, 0.25) is 0 Å². The zero-order valence-corrected chi connectivity index (χ0v) is 18.5. The molecule has 1 aliphatic carbocycles. The van der Waals surface area contributed by atoms with E-state index in [4.69, 9.17) is 17.0 Å². The molecule has 0 atom stereocenters. The highest BCUT2D eigenvalue weighted by molar-refractivity contribution is 7.80. The minimum absolute atomic E-state index is 0.00797. The molecule has 5 nitrogen and oxygen atoms in total.